The largest absolute Gasteiger partial charge is 0.493 e. The van der Waals surface area contributed by atoms with Crippen molar-refractivity contribution in [2.45, 2.75) is 38.1 Å². The summed E-state index contributed by atoms with van der Waals surface area (Å²) in [6.45, 7) is 0.751. The Morgan fingerprint density at radius 1 is 1.36 bits per heavy atom. The molecule has 3 N–H and O–H groups in total. The first-order valence-electron chi connectivity index (χ1n) is 8.47. The van der Waals surface area contributed by atoms with Crippen LogP contribution in [0.2, 0.25) is 0 Å². The summed E-state index contributed by atoms with van der Waals surface area (Å²) >= 11 is 1.47. The first-order valence-corrected chi connectivity index (χ1v) is 9.35. The minimum absolute atomic E-state index is 0. The monoisotopic (exact) mass is 379 g/mol. The zero-order chi connectivity index (χ0) is 16.5. The molecule has 0 saturated heterocycles. The first-order chi connectivity index (χ1) is 11.7. The Morgan fingerprint density at radius 3 is 3.08 bits per heavy atom. The smallest absolute Gasteiger partial charge is 0.229 e. The van der Waals surface area contributed by atoms with E-state index in [1.807, 2.05) is 17.5 Å². The van der Waals surface area contributed by atoms with Gasteiger partial charge in [-0.25, -0.2) is 4.98 Å². The Kier molecular flexibility index (Phi) is 5.61. The van der Waals surface area contributed by atoms with E-state index in [9.17, 15) is 4.79 Å². The van der Waals surface area contributed by atoms with E-state index in [1.54, 1.807) is 0 Å². The molecule has 1 amide bonds. The van der Waals surface area contributed by atoms with Gasteiger partial charge in [-0.3, -0.25) is 4.79 Å². The maximum absolute atomic E-state index is 12.4. The number of carbonyl (C=O) groups excluding carboxylic acids is 1. The molecule has 2 atom stereocenters. The molecule has 1 aliphatic heterocycles. The van der Waals surface area contributed by atoms with Crippen LogP contribution in [-0.4, -0.2) is 23.5 Å². The minimum Gasteiger partial charge on any atom is -0.493 e. The quantitative estimate of drug-likeness (QED) is 0.853. The third kappa shape index (κ3) is 3.97. The number of hydrogen-bond donors (Lipinski definition) is 2. The molecule has 2 heterocycles. The molecule has 25 heavy (non-hydrogen) atoms. The molecule has 0 bridgehead atoms. The third-order valence-corrected chi connectivity index (χ3v) is 5.56. The topological polar surface area (TPSA) is 77.2 Å². The molecule has 5 nitrogen and oxygen atoms in total. The number of hydrogen-bond acceptors (Lipinski definition) is 5. The number of nitrogens with zero attached hydrogens (tertiary/aromatic N) is 1. The molecule has 1 aromatic heterocycles. The van der Waals surface area contributed by atoms with E-state index in [4.69, 9.17) is 10.5 Å². The van der Waals surface area contributed by atoms with E-state index in [-0.39, 0.29) is 30.3 Å². The number of benzene rings is 1. The molecular weight excluding hydrogens is 358 g/mol. The molecule has 1 fully saturated rings. The fourth-order valence-electron chi connectivity index (χ4n) is 3.48. The van der Waals surface area contributed by atoms with Crippen LogP contribution in [0.1, 0.15) is 31.2 Å². The summed E-state index contributed by atoms with van der Waals surface area (Å²) in [7, 11) is 0. The van der Waals surface area contributed by atoms with Crippen LogP contribution >= 0.6 is 23.7 Å². The first kappa shape index (κ1) is 18.2. The molecule has 7 heteroatoms. The maximum atomic E-state index is 12.4. The highest BCUT2D eigenvalue weighted by molar-refractivity contribution is 7.14. The highest BCUT2D eigenvalue weighted by Gasteiger charge is 2.26. The van der Waals surface area contributed by atoms with Gasteiger partial charge in [0.15, 0.2) is 5.13 Å². The van der Waals surface area contributed by atoms with Crippen molar-refractivity contribution < 1.29 is 9.53 Å². The fraction of sp³-hybridized carbons (Fsp3) is 0.444. The Hall–Kier alpha value is -1.63. The van der Waals surface area contributed by atoms with Crippen LogP contribution in [0.25, 0.3) is 11.3 Å². The molecular formula is C18H22ClN3O2S. The number of carbonyl (C=O) groups is 1. The lowest BCUT2D eigenvalue weighted by Gasteiger charge is -2.25. The lowest BCUT2D eigenvalue weighted by molar-refractivity contribution is -0.120. The molecule has 1 aliphatic carbocycles. The fourth-order valence-corrected chi connectivity index (χ4v) is 4.21. The van der Waals surface area contributed by atoms with E-state index in [1.165, 1.54) is 16.9 Å². The second-order valence-electron chi connectivity index (χ2n) is 6.57. The Morgan fingerprint density at radius 2 is 2.24 bits per heavy atom. The zero-order valence-corrected chi connectivity index (χ0v) is 15.5. The van der Waals surface area contributed by atoms with Gasteiger partial charge in [0, 0.05) is 29.3 Å². The van der Waals surface area contributed by atoms with Gasteiger partial charge in [0.25, 0.3) is 0 Å². The summed E-state index contributed by atoms with van der Waals surface area (Å²) in [6.07, 6.45) is 4.68. The summed E-state index contributed by atoms with van der Waals surface area (Å²) in [6, 6.07) is 6.29. The predicted molar refractivity (Wildman–Crippen MR) is 103 cm³/mol. The zero-order valence-electron chi connectivity index (χ0n) is 13.9. The van der Waals surface area contributed by atoms with Gasteiger partial charge < -0.3 is 15.8 Å². The molecule has 1 saturated carbocycles. The molecule has 2 aromatic rings. The number of nitrogens with one attached hydrogen (secondary N) is 1. The molecule has 0 spiro atoms. The summed E-state index contributed by atoms with van der Waals surface area (Å²) in [4.78, 5) is 17.0. The van der Waals surface area contributed by atoms with E-state index < -0.39 is 0 Å². The molecule has 0 radical (unpaired) electrons. The Labute approximate surface area is 157 Å². The average molecular weight is 380 g/mol. The van der Waals surface area contributed by atoms with Gasteiger partial charge in [-0.2, -0.15) is 0 Å². The lowest BCUT2D eigenvalue weighted by atomic mass is 9.86. The van der Waals surface area contributed by atoms with Gasteiger partial charge >= 0.3 is 0 Å². The van der Waals surface area contributed by atoms with Crippen molar-refractivity contribution >= 4 is 34.8 Å². The maximum Gasteiger partial charge on any atom is 0.229 e. The second-order valence-corrected chi connectivity index (χ2v) is 7.43. The Bertz CT molecular complexity index is 765. The third-order valence-electron chi connectivity index (χ3n) is 4.81. The molecule has 134 valence electrons. The van der Waals surface area contributed by atoms with E-state index in [2.05, 4.69) is 16.4 Å². The van der Waals surface area contributed by atoms with Gasteiger partial charge in [0.2, 0.25) is 5.91 Å². The highest BCUT2D eigenvalue weighted by atomic mass is 35.5. The highest BCUT2D eigenvalue weighted by Crippen LogP contribution is 2.32. The molecule has 1 aromatic carbocycles. The molecule has 2 unspecified atom stereocenters. The van der Waals surface area contributed by atoms with Crippen LogP contribution in [0.5, 0.6) is 5.75 Å². The molecule has 2 aliphatic rings. The van der Waals surface area contributed by atoms with Gasteiger partial charge in [-0.15, -0.1) is 23.7 Å². The number of nitrogens with two attached hydrogens (primary N) is 1. The summed E-state index contributed by atoms with van der Waals surface area (Å²) in [5.41, 5.74) is 9.16. The summed E-state index contributed by atoms with van der Waals surface area (Å²) in [5.74, 6) is 1.03. The number of anilines is 1. The van der Waals surface area contributed by atoms with Crippen LogP contribution in [0, 0.1) is 5.92 Å². The normalized spacial score (nSPS) is 21.8. The number of ether oxygens (including phenoxy) is 1. The SMILES string of the molecule is Cl.NC1CCCC(C(=O)Nc2nc(-c3ccc4c(c3)CCO4)cs2)C1. The van der Waals surface area contributed by atoms with Gasteiger partial charge in [-0.05, 0) is 43.0 Å². The van der Waals surface area contributed by atoms with Crippen LogP contribution in [0.3, 0.4) is 0 Å². The molecule has 4 rings (SSSR count). The number of halogens is 1. The van der Waals surface area contributed by atoms with Crippen molar-refractivity contribution in [3.8, 4) is 17.0 Å². The lowest BCUT2D eigenvalue weighted by Crippen LogP contribution is -2.34. The number of thiazole rings is 1. The summed E-state index contributed by atoms with van der Waals surface area (Å²) < 4.78 is 5.54. The van der Waals surface area contributed by atoms with Gasteiger partial charge in [-0.1, -0.05) is 6.42 Å². The average Bonchev–Trinajstić information content (AvgIpc) is 3.23. The van der Waals surface area contributed by atoms with Crippen LogP contribution in [0.4, 0.5) is 5.13 Å². The number of rotatable bonds is 3. The van der Waals surface area contributed by atoms with Gasteiger partial charge in [0.1, 0.15) is 5.75 Å². The van der Waals surface area contributed by atoms with E-state index in [0.29, 0.717) is 5.13 Å². The van der Waals surface area contributed by atoms with E-state index in [0.717, 1.165) is 55.7 Å². The van der Waals surface area contributed by atoms with Crippen molar-refractivity contribution in [2.75, 3.05) is 11.9 Å². The number of fused-ring (bicyclic) bond motifs is 1. The number of amides is 1. The van der Waals surface area contributed by atoms with Crippen LogP contribution < -0.4 is 15.8 Å². The van der Waals surface area contributed by atoms with Crippen molar-refractivity contribution in [3.05, 3.63) is 29.1 Å². The van der Waals surface area contributed by atoms with Crippen LogP contribution in [0.15, 0.2) is 23.6 Å². The van der Waals surface area contributed by atoms with Crippen molar-refractivity contribution in [1.82, 2.24) is 4.98 Å². The second kappa shape index (κ2) is 7.72. The standard InChI is InChI=1S/C18H21N3O2S.ClH/c19-14-3-1-2-13(9-14)17(22)21-18-20-15(10-24-18)11-4-5-16-12(8-11)6-7-23-16;/h4-5,8,10,13-14H,1-3,6-7,9,19H2,(H,20,21,22);1H. The van der Waals surface area contributed by atoms with Gasteiger partial charge in [0.05, 0.1) is 12.3 Å². The van der Waals surface area contributed by atoms with E-state index >= 15 is 0 Å². The van der Waals surface area contributed by atoms with Crippen molar-refractivity contribution in [3.63, 3.8) is 0 Å². The van der Waals surface area contributed by atoms with Crippen molar-refractivity contribution in [2.24, 2.45) is 11.7 Å². The van der Waals surface area contributed by atoms with Crippen molar-refractivity contribution in [1.29, 1.82) is 0 Å². The number of aromatic nitrogens is 1. The Balaban J connectivity index is 0.00000182. The summed E-state index contributed by atoms with van der Waals surface area (Å²) in [5, 5.41) is 5.61. The minimum atomic E-state index is 0. The van der Waals surface area contributed by atoms with Crippen LogP contribution in [-0.2, 0) is 11.2 Å². The predicted octanol–water partition coefficient (Wildman–Crippen LogP) is 3.62.